The van der Waals surface area contributed by atoms with Gasteiger partial charge in [0.15, 0.2) is 0 Å². The fraction of sp³-hybridized carbons (Fsp3) is 0.304. The average molecular weight is 456 g/mol. The van der Waals surface area contributed by atoms with Crippen LogP contribution >= 0.6 is 0 Å². The molecule has 0 amide bonds. The Morgan fingerprint density at radius 2 is 1.04 bits per heavy atom. The van der Waals surface area contributed by atoms with E-state index < -0.39 is 0 Å². The normalized spacial score (nSPS) is 13.0. The van der Waals surface area contributed by atoms with E-state index in [-0.39, 0.29) is 37.2 Å². The van der Waals surface area contributed by atoms with Crippen LogP contribution in [0.1, 0.15) is 52.6 Å². The zero-order chi connectivity index (χ0) is 17.4. The van der Waals surface area contributed by atoms with Gasteiger partial charge in [-0.15, -0.1) is 0 Å². The van der Waals surface area contributed by atoms with Crippen LogP contribution in [0.2, 0.25) is 0 Å². The second-order valence-electron chi connectivity index (χ2n) is 7.25. The smallest absolute Gasteiger partial charge is 1.00 e. The number of hydrogen-bond donors (Lipinski definition) is 0. The molecule has 4 heteroatoms. The van der Waals surface area contributed by atoms with Gasteiger partial charge in [-0.3, -0.25) is 0 Å². The van der Waals surface area contributed by atoms with Crippen molar-refractivity contribution in [2.45, 2.75) is 47.0 Å². The van der Waals surface area contributed by atoms with Gasteiger partial charge in [0.1, 0.15) is 0 Å². The van der Waals surface area contributed by atoms with Gasteiger partial charge >= 0.3 is 158 Å². The summed E-state index contributed by atoms with van der Waals surface area (Å²) in [4.78, 5) is 0. The number of allylic oxidation sites excluding steroid dienone is 4. The second kappa shape index (κ2) is 10.9. The molecule has 0 bridgehead atoms. The Bertz CT molecular complexity index is 774. The van der Waals surface area contributed by atoms with E-state index in [1.807, 2.05) is 0 Å². The third-order valence-electron chi connectivity index (χ3n) is 4.91. The van der Waals surface area contributed by atoms with Crippen molar-refractivity contribution in [3.05, 3.63) is 90.9 Å². The van der Waals surface area contributed by atoms with Gasteiger partial charge in [-0.1, -0.05) is 0 Å². The van der Waals surface area contributed by atoms with Crippen molar-refractivity contribution in [3.63, 3.8) is 0 Å². The van der Waals surface area contributed by atoms with Gasteiger partial charge in [0.25, 0.3) is 0 Å². The SMILES string of the molecule is CC1=C(C(c2cc(C)cc(C)c2)c2cc(C)cc(C)c2)CC=[C]1[Ti+3].[Cl-].[Cl-].[Cl-]. The number of halogens is 3. The van der Waals surface area contributed by atoms with E-state index in [1.54, 1.807) is 5.57 Å². The Kier molecular flexibility index (Phi) is 10.7. The standard InChI is InChI=1S/C23H25.3ClH.Ti/c1-15-9-16(2)12-20(11-15)23(22-8-6-7-19(22)5)21-13-17(3)10-18(4)14-21;;;;/h6,9-14,23H,8H2,1-5H3;3*1H;/q;;;;+3/p-3. The molecule has 0 aliphatic heterocycles. The van der Waals surface area contributed by atoms with E-state index in [1.165, 1.54) is 42.8 Å². The van der Waals surface area contributed by atoms with Crippen molar-refractivity contribution in [3.8, 4) is 0 Å². The second-order valence-corrected chi connectivity index (χ2v) is 8.09. The van der Waals surface area contributed by atoms with Crippen LogP contribution in [0.25, 0.3) is 0 Å². The molecular weight excluding hydrogens is 430 g/mol. The Morgan fingerprint density at radius 1 is 0.667 bits per heavy atom. The summed E-state index contributed by atoms with van der Waals surface area (Å²) >= 11 is 2.24. The third-order valence-corrected chi connectivity index (χ3v) is 5.82. The molecule has 0 aromatic heterocycles. The number of benzene rings is 2. The van der Waals surface area contributed by atoms with Crippen LogP contribution in [0.15, 0.2) is 57.5 Å². The summed E-state index contributed by atoms with van der Waals surface area (Å²) in [6.45, 7) is 11.1. The topological polar surface area (TPSA) is 0 Å². The molecular formula is C23H25Cl3Ti. The molecule has 1 aliphatic rings. The largest absolute Gasteiger partial charge is 1.00 e. The Labute approximate surface area is 194 Å². The summed E-state index contributed by atoms with van der Waals surface area (Å²) in [6, 6.07) is 14.0. The molecule has 0 spiro atoms. The molecule has 1 aliphatic carbocycles. The van der Waals surface area contributed by atoms with Crippen molar-refractivity contribution in [1.82, 2.24) is 0 Å². The molecule has 0 heterocycles. The zero-order valence-electron chi connectivity index (χ0n) is 16.5. The summed E-state index contributed by atoms with van der Waals surface area (Å²) < 4.78 is 1.43. The van der Waals surface area contributed by atoms with Gasteiger partial charge in [0.05, 0.1) is 0 Å². The van der Waals surface area contributed by atoms with Crippen molar-refractivity contribution < 1.29 is 57.7 Å². The minimum Gasteiger partial charge on any atom is -1.00 e. The molecule has 0 nitrogen and oxygen atoms in total. The van der Waals surface area contributed by atoms with Crippen molar-refractivity contribution in [2.75, 3.05) is 0 Å². The first-order valence-corrected chi connectivity index (χ1v) is 9.41. The molecule has 0 fully saturated rings. The molecule has 0 unspecified atom stereocenters. The molecule has 0 saturated carbocycles. The first-order valence-electron chi connectivity index (χ1n) is 8.63. The van der Waals surface area contributed by atoms with E-state index in [4.69, 9.17) is 0 Å². The van der Waals surface area contributed by atoms with Crippen LogP contribution in [0.3, 0.4) is 0 Å². The third kappa shape index (κ3) is 5.99. The van der Waals surface area contributed by atoms with Gasteiger partial charge in [-0.2, -0.15) is 0 Å². The maximum Gasteiger partial charge on any atom is -1.00 e. The maximum absolute atomic E-state index is 2.38. The molecule has 2 aromatic rings. The predicted molar refractivity (Wildman–Crippen MR) is 99.1 cm³/mol. The molecule has 0 saturated heterocycles. The Morgan fingerprint density at radius 3 is 1.33 bits per heavy atom. The number of aryl methyl sites for hydroxylation is 4. The first-order chi connectivity index (χ1) is 11.3. The maximum atomic E-state index is 2.38. The molecule has 0 atom stereocenters. The van der Waals surface area contributed by atoms with Crippen LogP contribution in [0.5, 0.6) is 0 Å². The first kappa shape index (κ1) is 26.5. The quantitative estimate of drug-likeness (QED) is 0.439. The van der Waals surface area contributed by atoms with Crippen LogP contribution < -0.4 is 37.2 Å². The van der Waals surface area contributed by atoms with Gasteiger partial charge in [0, 0.05) is 0 Å². The molecule has 0 N–H and O–H groups in total. The van der Waals surface area contributed by atoms with Gasteiger partial charge < -0.3 is 37.2 Å². The van der Waals surface area contributed by atoms with Crippen LogP contribution in [-0.4, -0.2) is 0 Å². The molecule has 3 rings (SSSR count). The molecule has 27 heavy (non-hydrogen) atoms. The van der Waals surface area contributed by atoms with E-state index >= 15 is 0 Å². The fourth-order valence-electron chi connectivity index (χ4n) is 3.97. The monoisotopic (exact) mass is 454 g/mol. The summed E-state index contributed by atoms with van der Waals surface area (Å²) in [5.74, 6) is 0.357. The average Bonchev–Trinajstić information content (AvgIpc) is 2.78. The van der Waals surface area contributed by atoms with Crippen molar-refractivity contribution >= 4 is 0 Å². The van der Waals surface area contributed by atoms with E-state index in [0.717, 1.165) is 6.42 Å². The summed E-state index contributed by atoms with van der Waals surface area (Å²) in [7, 11) is 0. The van der Waals surface area contributed by atoms with Crippen molar-refractivity contribution in [1.29, 1.82) is 0 Å². The summed E-state index contributed by atoms with van der Waals surface area (Å²) in [5.41, 5.74) is 11.3. The Hall–Kier alpha value is -0.496. The van der Waals surface area contributed by atoms with E-state index in [2.05, 4.69) is 97.5 Å². The van der Waals surface area contributed by atoms with E-state index in [9.17, 15) is 0 Å². The molecule has 2 aromatic carbocycles. The van der Waals surface area contributed by atoms with Crippen LogP contribution in [0.4, 0.5) is 0 Å². The Balaban J connectivity index is 0.00000225. The van der Waals surface area contributed by atoms with Gasteiger partial charge in [0.2, 0.25) is 0 Å². The van der Waals surface area contributed by atoms with E-state index in [0.29, 0.717) is 5.92 Å². The van der Waals surface area contributed by atoms with Crippen LogP contribution in [0, 0.1) is 27.7 Å². The zero-order valence-corrected chi connectivity index (χ0v) is 20.3. The van der Waals surface area contributed by atoms with Crippen molar-refractivity contribution in [2.24, 2.45) is 0 Å². The number of hydrogen-bond acceptors (Lipinski definition) is 0. The fourth-order valence-corrected chi connectivity index (χ4v) is 4.38. The minimum atomic E-state index is 0. The van der Waals surface area contributed by atoms with Crippen LogP contribution in [-0.2, 0) is 20.4 Å². The molecule has 142 valence electrons. The van der Waals surface area contributed by atoms with Gasteiger partial charge in [-0.05, 0) is 0 Å². The van der Waals surface area contributed by atoms with Gasteiger partial charge in [-0.25, -0.2) is 0 Å². The summed E-state index contributed by atoms with van der Waals surface area (Å²) in [5, 5.41) is 0. The predicted octanol–water partition coefficient (Wildman–Crippen LogP) is -2.78. The number of rotatable bonds is 3. The molecule has 0 radical (unpaired) electrons. The summed E-state index contributed by atoms with van der Waals surface area (Å²) in [6.07, 6.45) is 3.45. The minimum absolute atomic E-state index is 0.